The van der Waals surface area contributed by atoms with Crippen molar-refractivity contribution in [3.63, 3.8) is 0 Å². The molecule has 3 N–H and O–H groups in total. The molecule has 4 aromatic heterocycles. The Hall–Kier alpha value is -4.15. The molecule has 164 valence electrons. The Bertz CT molecular complexity index is 1390. The van der Waals surface area contributed by atoms with E-state index in [-0.39, 0.29) is 17.5 Å². The van der Waals surface area contributed by atoms with Crippen LogP contribution in [0, 0.1) is 6.92 Å². The van der Waals surface area contributed by atoms with E-state index in [1.165, 1.54) is 10.8 Å². The van der Waals surface area contributed by atoms with Gasteiger partial charge in [-0.15, -0.1) is 0 Å². The summed E-state index contributed by atoms with van der Waals surface area (Å²) >= 11 is 0. The third-order valence-electron chi connectivity index (χ3n) is 5.25. The molecule has 11 heteroatoms. The number of nitrogens with zero attached hydrogens (tertiary/aromatic N) is 6. The standard InChI is InChI=1S/C21H23N9O2/c1-12-8-15(21(32)29(11-12)17-6-7-28(3)27-17)25-16-9-18(22-2)30-19(26-16)14(10-23-30)20(31)24-13-4-5-13/h6-11,13,22H,4-5H2,1-3H3,(H,24,31)(H,25,26). The quantitative estimate of drug-likeness (QED) is 0.422. The van der Waals surface area contributed by atoms with E-state index in [1.807, 2.05) is 6.92 Å². The molecule has 1 aliphatic carbocycles. The topological polar surface area (TPSA) is 123 Å². The van der Waals surface area contributed by atoms with Gasteiger partial charge in [0, 0.05) is 44.7 Å². The van der Waals surface area contributed by atoms with Crippen LogP contribution >= 0.6 is 0 Å². The molecule has 1 amide bonds. The van der Waals surface area contributed by atoms with Crippen molar-refractivity contribution in [2.45, 2.75) is 25.8 Å². The van der Waals surface area contributed by atoms with Crippen molar-refractivity contribution >= 4 is 28.9 Å². The van der Waals surface area contributed by atoms with Gasteiger partial charge in [-0.1, -0.05) is 0 Å². The molecule has 0 bridgehead atoms. The number of pyridine rings is 1. The zero-order valence-electron chi connectivity index (χ0n) is 18.0. The summed E-state index contributed by atoms with van der Waals surface area (Å²) in [5, 5.41) is 17.8. The van der Waals surface area contributed by atoms with E-state index in [4.69, 9.17) is 0 Å². The van der Waals surface area contributed by atoms with Crippen LogP contribution in [0.3, 0.4) is 0 Å². The van der Waals surface area contributed by atoms with Crippen LogP contribution in [0.1, 0.15) is 28.8 Å². The van der Waals surface area contributed by atoms with Gasteiger partial charge in [-0.05, 0) is 31.4 Å². The van der Waals surface area contributed by atoms with E-state index in [0.717, 1.165) is 18.4 Å². The number of amides is 1. The van der Waals surface area contributed by atoms with Crippen molar-refractivity contribution in [3.8, 4) is 5.82 Å². The SMILES string of the molecule is CNc1cc(Nc2cc(C)cn(-c3ccn(C)n3)c2=O)nc2c(C(=O)NC3CC3)cnn12. The monoisotopic (exact) mass is 433 g/mol. The van der Waals surface area contributed by atoms with E-state index in [2.05, 4.69) is 31.1 Å². The molecule has 0 radical (unpaired) electrons. The normalized spacial score (nSPS) is 13.3. The number of nitrogens with one attached hydrogen (secondary N) is 3. The van der Waals surface area contributed by atoms with E-state index >= 15 is 0 Å². The van der Waals surface area contributed by atoms with Gasteiger partial charge in [0.1, 0.15) is 22.9 Å². The number of hydrogen-bond acceptors (Lipinski definition) is 7. The summed E-state index contributed by atoms with van der Waals surface area (Å²) < 4.78 is 4.69. The summed E-state index contributed by atoms with van der Waals surface area (Å²) in [7, 11) is 3.55. The van der Waals surface area contributed by atoms with Crippen molar-refractivity contribution in [1.82, 2.24) is 34.3 Å². The molecule has 11 nitrogen and oxygen atoms in total. The molecular formula is C21H23N9O2. The van der Waals surface area contributed by atoms with Gasteiger partial charge in [-0.25, -0.2) is 4.98 Å². The summed E-state index contributed by atoms with van der Waals surface area (Å²) in [6.07, 6.45) is 7.00. The lowest BCUT2D eigenvalue weighted by atomic mass is 10.2. The molecule has 4 aromatic rings. The summed E-state index contributed by atoms with van der Waals surface area (Å²) in [5.74, 6) is 1.36. The lowest BCUT2D eigenvalue weighted by Gasteiger charge is -2.12. The highest BCUT2D eigenvalue weighted by molar-refractivity contribution is 6.00. The maximum atomic E-state index is 13.1. The molecule has 0 unspecified atom stereocenters. The molecule has 32 heavy (non-hydrogen) atoms. The van der Waals surface area contributed by atoms with E-state index in [9.17, 15) is 9.59 Å². The molecule has 1 fully saturated rings. The van der Waals surface area contributed by atoms with Crippen LogP contribution < -0.4 is 21.5 Å². The van der Waals surface area contributed by atoms with Crippen LogP contribution in [0.2, 0.25) is 0 Å². The minimum absolute atomic E-state index is 0.206. The molecule has 0 atom stereocenters. The van der Waals surface area contributed by atoms with Crippen LogP contribution in [0.4, 0.5) is 17.3 Å². The van der Waals surface area contributed by atoms with Crippen LogP contribution in [-0.2, 0) is 7.05 Å². The van der Waals surface area contributed by atoms with Gasteiger partial charge in [0.2, 0.25) is 0 Å². The maximum absolute atomic E-state index is 13.1. The second kappa shape index (κ2) is 7.52. The van der Waals surface area contributed by atoms with Crippen molar-refractivity contribution in [2.75, 3.05) is 17.7 Å². The summed E-state index contributed by atoms with van der Waals surface area (Å²) in [6.45, 7) is 1.90. The molecule has 0 saturated heterocycles. The second-order valence-corrected chi connectivity index (χ2v) is 7.90. The first kappa shape index (κ1) is 19.8. The fourth-order valence-electron chi connectivity index (χ4n) is 3.50. The number of aryl methyl sites for hydroxylation is 2. The Morgan fingerprint density at radius 2 is 2.06 bits per heavy atom. The van der Waals surface area contributed by atoms with Crippen molar-refractivity contribution < 1.29 is 4.79 Å². The van der Waals surface area contributed by atoms with Crippen LogP contribution in [0.5, 0.6) is 0 Å². The Kier molecular flexibility index (Phi) is 4.65. The van der Waals surface area contributed by atoms with Gasteiger partial charge in [0.05, 0.1) is 6.20 Å². The molecule has 5 rings (SSSR count). The van der Waals surface area contributed by atoms with Crippen LogP contribution in [0.15, 0.2) is 41.6 Å². The number of aromatic nitrogens is 6. The van der Waals surface area contributed by atoms with Crippen molar-refractivity contribution in [3.05, 3.63) is 58.3 Å². The summed E-state index contributed by atoms with van der Waals surface area (Å²) in [5.41, 5.74) is 1.74. The number of carbonyl (C=O) groups is 1. The molecule has 4 heterocycles. The average Bonchev–Trinajstić information content (AvgIpc) is 3.30. The van der Waals surface area contributed by atoms with Gasteiger partial charge in [0.25, 0.3) is 11.5 Å². The highest BCUT2D eigenvalue weighted by Crippen LogP contribution is 2.23. The first-order valence-electron chi connectivity index (χ1n) is 10.3. The fourth-order valence-corrected chi connectivity index (χ4v) is 3.50. The Morgan fingerprint density at radius 3 is 2.75 bits per heavy atom. The summed E-state index contributed by atoms with van der Waals surface area (Å²) in [4.78, 5) is 30.4. The Labute approximate surface area is 183 Å². The molecule has 0 aliphatic heterocycles. The number of rotatable bonds is 6. The number of carbonyl (C=O) groups excluding carboxylic acids is 1. The van der Waals surface area contributed by atoms with E-state index in [0.29, 0.717) is 34.4 Å². The number of fused-ring (bicyclic) bond motifs is 1. The third kappa shape index (κ3) is 3.57. The third-order valence-corrected chi connectivity index (χ3v) is 5.25. The minimum atomic E-state index is -0.262. The smallest absolute Gasteiger partial charge is 0.280 e. The van der Waals surface area contributed by atoms with E-state index in [1.54, 1.807) is 53.9 Å². The highest BCUT2D eigenvalue weighted by atomic mass is 16.2. The first-order valence-corrected chi connectivity index (χ1v) is 10.3. The Balaban J connectivity index is 1.56. The number of hydrogen-bond donors (Lipinski definition) is 3. The van der Waals surface area contributed by atoms with Gasteiger partial charge in [-0.3, -0.25) is 18.8 Å². The second-order valence-electron chi connectivity index (χ2n) is 7.90. The molecule has 0 spiro atoms. The van der Waals surface area contributed by atoms with Gasteiger partial charge in [0.15, 0.2) is 11.5 Å². The predicted octanol–water partition coefficient (Wildman–Crippen LogP) is 1.60. The minimum Gasteiger partial charge on any atom is -0.373 e. The predicted molar refractivity (Wildman–Crippen MR) is 120 cm³/mol. The van der Waals surface area contributed by atoms with Crippen LogP contribution in [-0.4, -0.2) is 47.9 Å². The Morgan fingerprint density at radius 1 is 1.25 bits per heavy atom. The van der Waals surface area contributed by atoms with Gasteiger partial charge in [-0.2, -0.15) is 14.7 Å². The fraction of sp³-hybridized carbons (Fsp3) is 0.286. The van der Waals surface area contributed by atoms with Gasteiger partial charge >= 0.3 is 0 Å². The van der Waals surface area contributed by atoms with Crippen molar-refractivity contribution in [2.24, 2.45) is 7.05 Å². The lowest BCUT2D eigenvalue weighted by Crippen LogP contribution is -2.25. The lowest BCUT2D eigenvalue weighted by molar-refractivity contribution is 0.0952. The molecule has 1 saturated carbocycles. The molecular weight excluding hydrogens is 410 g/mol. The molecule has 0 aromatic carbocycles. The van der Waals surface area contributed by atoms with Crippen LogP contribution in [0.25, 0.3) is 11.5 Å². The number of anilines is 3. The largest absolute Gasteiger partial charge is 0.373 e. The first-order chi connectivity index (χ1) is 15.4. The average molecular weight is 433 g/mol. The van der Waals surface area contributed by atoms with Gasteiger partial charge < -0.3 is 16.0 Å². The van der Waals surface area contributed by atoms with Crippen molar-refractivity contribution in [1.29, 1.82) is 0 Å². The highest BCUT2D eigenvalue weighted by Gasteiger charge is 2.26. The van der Waals surface area contributed by atoms with E-state index < -0.39 is 0 Å². The molecule has 1 aliphatic rings. The zero-order chi connectivity index (χ0) is 22.4. The summed E-state index contributed by atoms with van der Waals surface area (Å²) in [6, 6.07) is 5.48. The maximum Gasteiger partial charge on any atom is 0.280 e. The zero-order valence-corrected chi connectivity index (χ0v) is 18.0.